The molecule has 3 aromatic rings. The molecule has 1 N–H and O–H groups in total. The molecule has 0 radical (unpaired) electrons. The molecule has 19 heavy (non-hydrogen) atoms. The molecule has 0 atom stereocenters. The number of aromatic nitrogens is 1. The Kier molecular flexibility index (Phi) is 2.83. The van der Waals surface area contributed by atoms with Gasteiger partial charge in [-0.15, -0.1) is 11.3 Å². The summed E-state index contributed by atoms with van der Waals surface area (Å²) in [4.78, 5) is 17.2. The van der Waals surface area contributed by atoms with Crippen LogP contribution < -0.4 is 5.32 Å². The molecule has 0 aliphatic carbocycles. The number of anilines is 1. The number of thiazole rings is 1. The van der Waals surface area contributed by atoms with E-state index >= 15 is 0 Å². The highest BCUT2D eigenvalue weighted by molar-refractivity contribution is 7.15. The van der Waals surface area contributed by atoms with Gasteiger partial charge in [0, 0.05) is 16.5 Å². The number of amides is 1. The fraction of sp³-hybridized carbons (Fsp3) is 0.143. The van der Waals surface area contributed by atoms with Crippen molar-refractivity contribution in [2.45, 2.75) is 13.8 Å². The minimum absolute atomic E-state index is 0.275. The van der Waals surface area contributed by atoms with Gasteiger partial charge in [-0.05, 0) is 32.0 Å². The molecule has 0 spiro atoms. The van der Waals surface area contributed by atoms with Crippen molar-refractivity contribution >= 4 is 33.3 Å². The van der Waals surface area contributed by atoms with Crippen LogP contribution in [0.25, 0.3) is 11.0 Å². The maximum absolute atomic E-state index is 12.0. The third-order valence-corrected chi connectivity index (χ3v) is 3.57. The summed E-state index contributed by atoms with van der Waals surface area (Å²) in [5.41, 5.74) is 1.85. The van der Waals surface area contributed by atoms with Crippen molar-refractivity contribution in [1.82, 2.24) is 4.98 Å². The van der Waals surface area contributed by atoms with Gasteiger partial charge in [0.2, 0.25) is 0 Å². The molecule has 1 aromatic carbocycles. The zero-order valence-corrected chi connectivity index (χ0v) is 11.4. The van der Waals surface area contributed by atoms with Crippen LogP contribution >= 0.6 is 11.3 Å². The molecule has 5 heteroatoms. The normalized spacial score (nSPS) is 10.8. The van der Waals surface area contributed by atoms with Crippen LogP contribution in [0.3, 0.4) is 0 Å². The second-order valence-electron chi connectivity index (χ2n) is 4.38. The van der Waals surface area contributed by atoms with Gasteiger partial charge in [0.1, 0.15) is 5.58 Å². The third-order valence-electron chi connectivity index (χ3n) is 2.74. The van der Waals surface area contributed by atoms with Gasteiger partial charge in [0.25, 0.3) is 5.91 Å². The SMILES string of the molecule is Cc1ccc2oc(C(=O)Nc3ncc(C)s3)cc2c1. The Bertz CT molecular complexity index is 758. The van der Waals surface area contributed by atoms with Crippen LogP contribution in [0.4, 0.5) is 5.13 Å². The molecule has 96 valence electrons. The number of benzene rings is 1. The second-order valence-corrected chi connectivity index (χ2v) is 5.62. The van der Waals surface area contributed by atoms with E-state index in [9.17, 15) is 4.79 Å². The number of aryl methyl sites for hydroxylation is 2. The summed E-state index contributed by atoms with van der Waals surface area (Å²) in [7, 11) is 0. The molecule has 0 saturated heterocycles. The summed E-state index contributed by atoms with van der Waals surface area (Å²) in [6.07, 6.45) is 1.72. The van der Waals surface area contributed by atoms with Gasteiger partial charge in [-0.25, -0.2) is 4.98 Å². The average Bonchev–Trinajstić information content (AvgIpc) is 2.95. The highest BCUT2D eigenvalue weighted by atomic mass is 32.1. The van der Waals surface area contributed by atoms with E-state index in [0.717, 1.165) is 15.8 Å². The van der Waals surface area contributed by atoms with Gasteiger partial charge in [0.15, 0.2) is 10.9 Å². The Labute approximate surface area is 114 Å². The standard InChI is InChI=1S/C14H12N2O2S/c1-8-3-4-11-10(5-8)6-12(18-11)13(17)16-14-15-7-9(2)19-14/h3-7H,1-2H3,(H,15,16,17). The quantitative estimate of drug-likeness (QED) is 0.772. The molecule has 4 nitrogen and oxygen atoms in total. The molecule has 3 rings (SSSR count). The fourth-order valence-electron chi connectivity index (χ4n) is 1.85. The first-order valence-corrected chi connectivity index (χ1v) is 6.67. The second kappa shape index (κ2) is 4.51. The number of fused-ring (bicyclic) bond motifs is 1. The van der Waals surface area contributed by atoms with Crippen LogP contribution in [-0.4, -0.2) is 10.9 Å². The van der Waals surface area contributed by atoms with Crippen molar-refractivity contribution in [3.63, 3.8) is 0 Å². The van der Waals surface area contributed by atoms with Crippen molar-refractivity contribution < 1.29 is 9.21 Å². The highest BCUT2D eigenvalue weighted by Gasteiger charge is 2.13. The van der Waals surface area contributed by atoms with Gasteiger partial charge in [0.05, 0.1) is 0 Å². The summed E-state index contributed by atoms with van der Waals surface area (Å²) in [5.74, 6) is 0.0247. The summed E-state index contributed by atoms with van der Waals surface area (Å²) in [6.45, 7) is 3.95. The average molecular weight is 272 g/mol. The number of nitrogens with one attached hydrogen (secondary N) is 1. The third kappa shape index (κ3) is 2.37. The Morgan fingerprint density at radius 1 is 1.32 bits per heavy atom. The first-order chi connectivity index (χ1) is 9.11. The molecule has 0 fully saturated rings. The van der Waals surface area contributed by atoms with Gasteiger partial charge in [-0.1, -0.05) is 11.6 Å². The lowest BCUT2D eigenvalue weighted by Crippen LogP contribution is -2.10. The molecule has 0 unspecified atom stereocenters. The van der Waals surface area contributed by atoms with E-state index in [2.05, 4.69) is 10.3 Å². The lowest BCUT2D eigenvalue weighted by atomic mass is 10.2. The van der Waals surface area contributed by atoms with Gasteiger partial charge in [-0.3, -0.25) is 10.1 Å². The maximum atomic E-state index is 12.0. The van der Waals surface area contributed by atoms with Crippen LogP contribution in [0.1, 0.15) is 21.0 Å². The van der Waals surface area contributed by atoms with Crippen LogP contribution in [-0.2, 0) is 0 Å². The van der Waals surface area contributed by atoms with E-state index in [-0.39, 0.29) is 5.91 Å². The van der Waals surface area contributed by atoms with E-state index in [4.69, 9.17) is 4.42 Å². The lowest BCUT2D eigenvalue weighted by molar-refractivity contribution is 0.0998. The largest absolute Gasteiger partial charge is 0.451 e. The molecule has 0 bridgehead atoms. The zero-order chi connectivity index (χ0) is 13.4. The van der Waals surface area contributed by atoms with Crippen molar-refractivity contribution in [3.8, 4) is 0 Å². The maximum Gasteiger partial charge on any atom is 0.293 e. The molecule has 0 aliphatic heterocycles. The number of carbonyl (C=O) groups is 1. The van der Waals surface area contributed by atoms with Crippen LogP contribution in [0, 0.1) is 13.8 Å². The van der Waals surface area contributed by atoms with Crippen LogP contribution in [0.15, 0.2) is 34.9 Å². The minimum atomic E-state index is -0.275. The zero-order valence-electron chi connectivity index (χ0n) is 10.6. The van der Waals surface area contributed by atoms with E-state index < -0.39 is 0 Å². The number of carbonyl (C=O) groups excluding carboxylic acids is 1. The topological polar surface area (TPSA) is 55.1 Å². The highest BCUT2D eigenvalue weighted by Crippen LogP contribution is 2.22. The summed E-state index contributed by atoms with van der Waals surface area (Å²) in [6, 6.07) is 7.56. The van der Waals surface area contributed by atoms with Crippen LogP contribution in [0.2, 0.25) is 0 Å². The molecule has 2 aromatic heterocycles. The molecular formula is C14H12N2O2S. The predicted molar refractivity (Wildman–Crippen MR) is 75.8 cm³/mol. The fourth-order valence-corrected chi connectivity index (χ4v) is 2.51. The predicted octanol–water partition coefficient (Wildman–Crippen LogP) is 3.76. The summed E-state index contributed by atoms with van der Waals surface area (Å²) < 4.78 is 5.53. The Morgan fingerprint density at radius 3 is 2.89 bits per heavy atom. The molecule has 2 heterocycles. The van der Waals surface area contributed by atoms with E-state index in [1.165, 1.54) is 11.3 Å². The van der Waals surface area contributed by atoms with Gasteiger partial charge >= 0.3 is 0 Å². The van der Waals surface area contributed by atoms with E-state index in [0.29, 0.717) is 16.5 Å². The summed E-state index contributed by atoms with van der Waals surface area (Å²) >= 11 is 1.44. The minimum Gasteiger partial charge on any atom is -0.451 e. The number of furan rings is 1. The van der Waals surface area contributed by atoms with Crippen molar-refractivity contribution in [2.75, 3.05) is 5.32 Å². The first kappa shape index (κ1) is 11.9. The van der Waals surface area contributed by atoms with E-state index in [1.807, 2.05) is 32.0 Å². The molecule has 0 aliphatic rings. The number of rotatable bonds is 2. The molecule has 0 saturated carbocycles. The van der Waals surface area contributed by atoms with Crippen molar-refractivity contribution in [2.24, 2.45) is 0 Å². The molecular weight excluding hydrogens is 260 g/mol. The number of nitrogens with zero attached hydrogens (tertiary/aromatic N) is 1. The first-order valence-electron chi connectivity index (χ1n) is 5.86. The Morgan fingerprint density at radius 2 is 2.16 bits per heavy atom. The number of hydrogen-bond acceptors (Lipinski definition) is 4. The van der Waals surface area contributed by atoms with Crippen LogP contribution in [0.5, 0.6) is 0 Å². The van der Waals surface area contributed by atoms with Crippen molar-refractivity contribution in [3.05, 3.63) is 46.7 Å². The molecule has 1 amide bonds. The van der Waals surface area contributed by atoms with Gasteiger partial charge in [-0.2, -0.15) is 0 Å². The smallest absolute Gasteiger partial charge is 0.293 e. The van der Waals surface area contributed by atoms with E-state index in [1.54, 1.807) is 12.3 Å². The summed E-state index contributed by atoms with van der Waals surface area (Å²) in [5, 5.41) is 4.24. The van der Waals surface area contributed by atoms with Crippen molar-refractivity contribution in [1.29, 1.82) is 0 Å². The monoisotopic (exact) mass is 272 g/mol. The van der Waals surface area contributed by atoms with Gasteiger partial charge < -0.3 is 4.42 Å². The Balaban J connectivity index is 1.89. The Hall–Kier alpha value is -2.14. The lowest BCUT2D eigenvalue weighted by Gasteiger charge is -1.96. The number of hydrogen-bond donors (Lipinski definition) is 1.